The number of likely N-dealkylation sites (tertiary alicyclic amines) is 1. The van der Waals surface area contributed by atoms with Crippen molar-refractivity contribution in [1.29, 1.82) is 0 Å². The molecular formula is C39H63N5O6S. The van der Waals surface area contributed by atoms with Gasteiger partial charge in [-0.1, -0.05) is 64.3 Å². The summed E-state index contributed by atoms with van der Waals surface area (Å²) in [6.07, 6.45) is 9.81. The second-order valence-corrected chi connectivity index (χ2v) is 15.6. The van der Waals surface area contributed by atoms with E-state index in [1.807, 2.05) is 57.5 Å². The van der Waals surface area contributed by atoms with Gasteiger partial charge in [0.25, 0.3) is 0 Å². The summed E-state index contributed by atoms with van der Waals surface area (Å²) in [5, 5.41) is 16.4. The van der Waals surface area contributed by atoms with E-state index >= 15 is 0 Å². The SMILES string of the molecule is Cc1ncsc1-c1ccc(CNC(=O)C2CC(O)CN2C(=O)C(NC(=O)CCCCCOCCCCCOCCCCCCN)C(C)(C)C)cc1. The number of amides is 3. The molecule has 3 unspecified atom stereocenters. The molecule has 2 aromatic rings. The van der Waals surface area contributed by atoms with Crippen LogP contribution in [0.1, 0.15) is 109 Å². The number of thiazole rings is 1. The summed E-state index contributed by atoms with van der Waals surface area (Å²) < 4.78 is 11.5. The number of nitrogens with zero attached hydrogens (tertiary/aromatic N) is 2. The van der Waals surface area contributed by atoms with Gasteiger partial charge in [0.05, 0.1) is 22.2 Å². The number of hydrogen-bond donors (Lipinski definition) is 4. The summed E-state index contributed by atoms with van der Waals surface area (Å²) >= 11 is 1.59. The summed E-state index contributed by atoms with van der Waals surface area (Å²) in [5.41, 5.74) is 9.72. The first kappa shape index (κ1) is 42.5. The van der Waals surface area contributed by atoms with Gasteiger partial charge in [-0.25, -0.2) is 4.98 Å². The van der Waals surface area contributed by atoms with E-state index in [0.717, 1.165) is 93.0 Å². The highest BCUT2D eigenvalue weighted by molar-refractivity contribution is 7.13. The van der Waals surface area contributed by atoms with E-state index in [-0.39, 0.29) is 30.7 Å². The van der Waals surface area contributed by atoms with Crippen molar-refractivity contribution in [2.75, 3.05) is 39.5 Å². The molecule has 2 heterocycles. The van der Waals surface area contributed by atoms with E-state index < -0.39 is 23.6 Å². The topological polar surface area (TPSA) is 156 Å². The molecular weight excluding hydrogens is 667 g/mol. The molecule has 0 bridgehead atoms. The van der Waals surface area contributed by atoms with Gasteiger partial charge in [0.1, 0.15) is 12.1 Å². The first-order valence-corrected chi connectivity index (χ1v) is 19.8. The van der Waals surface area contributed by atoms with Crippen LogP contribution in [0.4, 0.5) is 0 Å². The van der Waals surface area contributed by atoms with Crippen molar-refractivity contribution in [2.24, 2.45) is 11.1 Å². The normalized spacial score (nSPS) is 16.7. The van der Waals surface area contributed by atoms with E-state index in [9.17, 15) is 19.5 Å². The summed E-state index contributed by atoms with van der Waals surface area (Å²) in [6.45, 7) is 11.8. The molecule has 3 amide bonds. The van der Waals surface area contributed by atoms with E-state index in [1.165, 1.54) is 17.7 Å². The second-order valence-electron chi connectivity index (χ2n) is 14.7. The van der Waals surface area contributed by atoms with Crippen LogP contribution in [0.5, 0.6) is 0 Å². The Morgan fingerprint density at radius 1 is 0.941 bits per heavy atom. The lowest BCUT2D eigenvalue weighted by atomic mass is 9.85. The number of nitrogens with two attached hydrogens (primary N) is 1. The lowest BCUT2D eigenvalue weighted by molar-refractivity contribution is -0.144. The molecule has 51 heavy (non-hydrogen) atoms. The number of unbranched alkanes of at least 4 members (excludes halogenated alkanes) is 7. The molecule has 1 saturated heterocycles. The average Bonchev–Trinajstić information content (AvgIpc) is 3.72. The number of β-amino-alcohol motifs (C(OH)–C–C–N with tert-alkyl or cyclic N) is 1. The number of aliphatic hydroxyl groups is 1. The maximum absolute atomic E-state index is 13.9. The summed E-state index contributed by atoms with van der Waals surface area (Å²) in [7, 11) is 0. The van der Waals surface area contributed by atoms with Crippen molar-refractivity contribution < 1.29 is 29.0 Å². The molecule has 5 N–H and O–H groups in total. The highest BCUT2D eigenvalue weighted by Gasteiger charge is 2.44. The maximum Gasteiger partial charge on any atom is 0.246 e. The van der Waals surface area contributed by atoms with Crippen LogP contribution in [0.2, 0.25) is 0 Å². The van der Waals surface area contributed by atoms with Gasteiger partial charge in [0, 0.05) is 52.4 Å². The largest absolute Gasteiger partial charge is 0.391 e. The van der Waals surface area contributed by atoms with Gasteiger partial charge in [-0.2, -0.15) is 0 Å². The van der Waals surface area contributed by atoms with Crippen LogP contribution in [-0.2, 0) is 30.4 Å². The van der Waals surface area contributed by atoms with Crippen molar-refractivity contribution >= 4 is 29.1 Å². The molecule has 0 saturated carbocycles. The molecule has 1 aliphatic heterocycles. The van der Waals surface area contributed by atoms with Crippen molar-refractivity contribution in [3.63, 3.8) is 0 Å². The Morgan fingerprint density at radius 3 is 2.10 bits per heavy atom. The number of benzene rings is 1. The molecule has 1 aromatic heterocycles. The van der Waals surface area contributed by atoms with Crippen molar-refractivity contribution in [3.8, 4) is 10.4 Å². The van der Waals surface area contributed by atoms with Gasteiger partial charge in [0.15, 0.2) is 0 Å². The van der Waals surface area contributed by atoms with Gasteiger partial charge < -0.3 is 35.8 Å². The van der Waals surface area contributed by atoms with Gasteiger partial charge in [-0.3, -0.25) is 14.4 Å². The van der Waals surface area contributed by atoms with Gasteiger partial charge >= 0.3 is 0 Å². The number of carbonyl (C=O) groups is 3. The fourth-order valence-corrected chi connectivity index (χ4v) is 6.98. The van der Waals surface area contributed by atoms with Crippen LogP contribution in [0.25, 0.3) is 10.4 Å². The molecule has 3 atom stereocenters. The molecule has 12 heteroatoms. The molecule has 0 aliphatic carbocycles. The predicted octanol–water partition coefficient (Wildman–Crippen LogP) is 5.51. The zero-order valence-electron chi connectivity index (χ0n) is 31.4. The Morgan fingerprint density at radius 2 is 1.53 bits per heavy atom. The third kappa shape index (κ3) is 15.3. The zero-order valence-corrected chi connectivity index (χ0v) is 32.2. The molecule has 1 aromatic carbocycles. The minimum absolute atomic E-state index is 0.0476. The maximum atomic E-state index is 13.9. The molecule has 1 aliphatic rings. The minimum Gasteiger partial charge on any atom is -0.391 e. The first-order valence-electron chi connectivity index (χ1n) is 18.9. The Balaban J connectivity index is 1.34. The highest BCUT2D eigenvalue weighted by atomic mass is 32.1. The van der Waals surface area contributed by atoms with Gasteiger partial charge in [-0.05, 0) is 75.0 Å². The van der Waals surface area contributed by atoms with Crippen LogP contribution in [0.15, 0.2) is 29.8 Å². The molecule has 1 fully saturated rings. The third-order valence-electron chi connectivity index (χ3n) is 9.22. The Kier molecular flexibility index (Phi) is 19.1. The number of aromatic nitrogens is 1. The average molecular weight is 730 g/mol. The van der Waals surface area contributed by atoms with Crippen LogP contribution >= 0.6 is 11.3 Å². The number of rotatable bonds is 24. The number of aryl methyl sites for hydroxylation is 1. The summed E-state index contributed by atoms with van der Waals surface area (Å²) in [6, 6.07) is 6.31. The van der Waals surface area contributed by atoms with E-state index in [2.05, 4.69) is 15.6 Å². The number of hydrogen-bond acceptors (Lipinski definition) is 9. The lowest BCUT2D eigenvalue weighted by Gasteiger charge is -2.35. The summed E-state index contributed by atoms with van der Waals surface area (Å²) in [5.74, 6) is -0.868. The van der Waals surface area contributed by atoms with Crippen LogP contribution in [0.3, 0.4) is 0 Å². The van der Waals surface area contributed by atoms with Gasteiger partial charge in [0.2, 0.25) is 17.7 Å². The summed E-state index contributed by atoms with van der Waals surface area (Å²) in [4.78, 5) is 47.0. The number of ether oxygens (including phenoxy) is 2. The lowest BCUT2D eigenvalue weighted by Crippen LogP contribution is -2.57. The van der Waals surface area contributed by atoms with E-state index in [1.54, 1.807) is 11.3 Å². The van der Waals surface area contributed by atoms with Crippen LogP contribution < -0.4 is 16.4 Å². The fraction of sp³-hybridized carbons (Fsp3) is 0.692. The van der Waals surface area contributed by atoms with E-state index in [0.29, 0.717) is 26.0 Å². The monoisotopic (exact) mass is 729 g/mol. The van der Waals surface area contributed by atoms with Crippen LogP contribution in [0, 0.1) is 12.3 Å². The number of nitrogens with one attached hydrogen (secondary N) is 2. The fourth-order valence-electron chi connectivity index (χ4n) is 6.17. The Hall–Kier alpha value is -2.90. The zero-order chi connectivity index (χ0) is 37.1. The highest BCUT2D eigenvalue weighted by Crippen LogP contribution is 2.28. The smallest absolute Gasteiger partial charge is 0.246 e. The quantitative estimate of drug-likeness (QED) is 0.103. The van der Waals surface area contributed by atoms with Crippen LogP contribution in [-0.4, -0.2) is 90.4 Å². The molecule has 286 valence electrons. The third-order valence-corrected chi connectivity index (χ3v) is 10.2. The van der Waals surface area contributed by atoms with Crippen molar-refractivity contribution in [2.45, 2.75) is 129 Å². The Bertz CT molecular complexity index is 1310. The first-order chi connectivity index (χ1) is 24.5. The van der Waals surface area contributed by atoms with Crippen molar-refractivity contribution in [1.82, 2.24) is 20.5 Å². The van der Waals surface area contributed by atoms with E-state index in [4.69, 9.17) is 15.2 Å². The molecule has 3 rings (SSSR count). The predicted molar refractivity (Wildman–Crippen MR) is 203 cm³/mol. The Labute approximate surface area is 309 Å². The molecule has 0 spiro atoms. The number of carbonyl (C=O) groups excluding carboxylic acids is 3. The standard InChI is InChI=1S/C39H63N5O6S/c1-29-35(51-28-42-29)31-18-16-30(17-19-31)26-41-37(47)33-25-32(45)27-44(33)38(48)36(39(2,3)4)43-34(46)15-9-7-12-22-50-24-14-8-13-23-49-21-11-6-5-10-20-40/h16-19,28,32-33,36,45H,5-15,20-27,40H2,1-4H3,(H,41,47)(H,43,46). The molecule has 0 radical (unpaired) electrons. The van der Waals surface area contributed by atoms with Crippen molar-refractivity contribution in [3.05, 3.63) is 41.0 Å². The second kappa shape index (κ2) is 22.9. The molecule has 11 nitrogen and oxygen atoms in total. The van der Waals surface area contributed by atoms with Gasteiger partial charge in [-0.15, -0.1) is 11.3 Å². The minimum atomic E-state index is -0.830. The number of aliphatic hydroxyl groups excluding tert-OH is 1.